The smallest absolute Gasteiger partial charge is 0.320 e. The number of aromatic nitrogens is 1. The van der Waals surface area contributed by atoms with Crippen LogP contribution in [0.4, 0.5) is 0 Å². The quantitative estimate of drug-likeness (QED) is 0.773. The summed E-state index contributed by atoms with van der Waals surface area (Å²) in [6.45, 7) is 0. The van der Waals surface area contributed by atoms with Crippen molar-refractivity contribution in [2.75, 3.05) is 0 Å². The van der Waals surface area contributed by atoms with Gasteiger partial charge in [0, 0.05) is 18.0 Å². The van der Waals surface area contributed by atoms with E-state index in [-0.39, 0.29) is 6.42 Å². The van der Waals surface area contributed by atoms with Crippen LogP contribution in [0, 0.1) is 4.91 Å². The predicted molar refractivity (Wildman–Crippen MR) is 62.4 cm³/mol. The van der Waals surface area contributed by atoms with Gasteiger partial charge in [0.1, 0.15) is 6.04 Å². The first-order valence-corrected chi connectivity index (χ1v) is 5.04. The van der Waals surface area contributed by atoms with Crippen molar-refractivity contribution in [3.63, 3.8) is 0 Å². The summed E-state index contributed by atoms with van der Waals surface area (Å²) in [4.78, 5) is 21.3. The Balaban J connectivity index is 2.47. The molecule has 0 saturated carbocycles. The number of carboxylic acid groups (broad SMARTS) is 1. The van der Waals surface area contributed by atoms with Gasteiger partial charge in [-0.1, -0.05) is 18.2 Å². The third-order valence-corrected chi connectivity index (χ3v) is 2.62. The molecule has 0 aliphatic rings. The lowest BCUT2D eigenvalue weighted by atomic mass is 10.1. The van der Waals surface area contributed by atoms with Crippen molar-refractivity contribution >= 4 is 16.9 Å². The zero-order valence-corrected chi connectivity index (χ0v) is 8.91. The molecule has 1 unspecified atom stereocenters. The Morgan fingerprint density at radius 1 is 1.47 bits per heavy atom. The SMILES string of the molecule is NC(Cc1cn(N=O)c2ccccc12)C(=O)O. The first kappa shape index (κ1) is 11.3. The van der Waals surface area contributed by atoms with Crippen LogP contribution in [-0.2, 0) is 11.2 Å². The van der Waals surface area contributed by atoms with E-state index in [9.17, 15) is 9.70 Å². The van der Waals surface area contributed by atoms with E-state index in [1.54, 1.807) is 18.2 Å². The zero-order valence-electron chi connectivity index (χ0n) is 8.91. The van der Waals surface area contributed by atoms with Crippen molar-refractivity contribution in [2.24, 2.45) is 11.0 Å². The molecule has 1 aromatic carbocycles. The van der Waals surface area contributed by atoms with Gasteiger partial charge in [0.05, 0.1) is 10.8 Å². The van der Waals surface area contributed by atoms with E-state index in [1.165, 1.54) is 10.9 Å². The molecule has 6 heteroatoms. The summed E-state index contributed by atoms with van der Waals surface area (Å²) in [6.07, 6.45) is 1.68. The zero-order chi connectivity index (χ0) is 12.4. The van der Waals surface area contributed by atoms with E-state index < -0.39 is 12.0 Å². The topological polar surface area (TPSA) is 97.7 Å². The van der Waals surface area contributed by atoms with Gasteiger partial charge in [-0.2, -0.15) is 0 Å². The number of aliphatic carboxylic acids is 1. The molecule has 1 aromatic heterocycles. The van der Waals surface area contributed by atoms with Gasteiger partial charge in [-0.25, -0.2) is 4.68 Å². The number of benzene rings is 1. The molecule has 0 radical (unpaired) electrons. The highest BCUT2D eigenvalue weighted by atomic mass is 16.4. The molecular weight excluding hydrogens is 222 g/mol. The molecule has 0 aliphatic carbocycles. The summed E-state index contributed by atoms with van der Waals surface area (Å²) < 4.78 is 1.18. The summed E-state index contributed by atoms with van der Waals surface area (Å²) in [7, 11) is 0. The van der Waals surface area contributed by atoms with Gasteiger partial charge in [0.2, 0.25) is 0 Å². The molecular formula is C11H11N3O3. The Morgan fingerprint density at radius 3 is 2.82 bits per heavy atom. The minimum absolute atomic E-state index is 0.165. The van der Waals surface area contributed by atoms with Gasteiger partial charge in [-0.15, -0.1) is 4.91 Å². The van der Waals surface area contributed by atoms with Crippen LogP contribution in [0.15, 0.2) is 35.7 Å². The van der Waals surface area contributed by atoms with Crippen LogP contribution in [-0.4, -0.2) is 21.8 Å². The second-order valence-electron chi connectivity index (χ2n) is 3.75. The third kappa shape index (κ3) is 2.02. The van der Waals surface area contributed by atoms with Crippen LogP contribution in [0.5, 0.6) is 0 Å². The van der Waals surface area contributed by atoms with Gasteiger partial charge >= 0.3 is 5.97 Å². The Bertz CT molecular complexity index is 576. The van der Waals surface area contributed by atoms with Crippen LogP contribution in [0.1, 0.15) is 5.56 Å². The minimum atomic E-state index is -1.07. The van der Waals surface area contributed by atoms with Gasteiger partial charge in [0.15, 0.2) is 0 Å². The lowest BCUT2D eigenvalue weighted by Crippen LogP contribution is -2.32. The molecule has 0 fully saturated rings. The maximum atomic E-state index is 10.7. The molecule has 0 aliphatic heterocycles. The number of fused-ring (bicyclic) bond motifs is 1. The van der Waals surface area contributed by atoms with Gasteiger partial charge in [0.25, 0.3) is 0 Å². The highest BCUT2D eigenvalue weighted by Crippen LogP contribution is 2.22. The van der Waals surface area contributed by atoms with Gasteiger partial charge in [-0.3, -0.25) is 4.79 Å². The number of carbonyl (C=O) groups is 1. The van der Waals surface area contributed by atoms with E-state index in [0.29, 0.717) is 11.1 Å². The molecule has 17 heavy (non-hydrogen) atoms. The molecule has 0 spiro atoms. The lowest BCUT2D eigenvalue weighted by Gasteiger charge is -2.04. The molecule has 1 atom stereocenters. The fourth-order valence-electron chi connectivity index (χ4n) is 1.79. The maximum Gasteiger partial charge on any atom is 0.320 e. The number of para-hydroxylation sites is 1. The first-order chi connectivity index (χ1) is 8.13. The number of hydrogen-bond donors (Lipinski definition) is 2. The van der Waals surface area contributed by atoms with Crippen LogP contribution < -0.4 is 5.73 Å². The summed E-state index contributed by atoms with van der Waals surface area (Å²) in [5.41, 5.74) is 6.82. The van der Waals surface area contributed by atoms with Crippen LogP contribution in [0.2, 0.25) is 0 Å². The Morgan fingerprint density at radius 2 is 2.18 bits per heavy atom. The second kappa shape index (κ2) is 4.34. The van der Waals surface area contributed by atoms with Gasteiger partial charge < -0.3 is 10.8 Å². The lowest BCUT2D eigenvalue weighted by molar-refractivity contribution is -0.138. The number of hydrogen-bond acceptors (Lipinski definition) is 4. The molecule has 0 bridgehead atoms. The summed E-state index contributed by atoms with van der Waals surface area (Å²) >= 11 is 0. The molecule has 0 amide bonds. The summed E-state index contributed by atoms with van der Waals surface area (Å²) in [5, 5.41) is 12.4. The molecule has 1 heterocycles. The normalized spacial score (nSPS) is 12.5. The van der Waals surface area contributed by atoms with Gasteiger partial charge in [-0.05, 0) is 11.6 Å². The monoisotopic (exact) mass is 233 g/mol. The second-order valence-corrected chi connectivity index (χ2v) is 3.75. The number of carboxylic acids is 1. The molecule has 2 aromatic rings. The molecule has 0 saturated heterocycles. The Labute approximate surface area is 96.6 Å². The minimum Gasteiger partial charge on any atom is -0.480 e. The van der Waals surface area contributed by atoms with Crippen molar-refractivity contribution < 1.29 is 9.90 Å². The van der Waals surface area contributed by atoms with Crippen LogP contribution >= 0.6 is 0 Å². The summed E-state index contributed by atoms with van der Waals surface area (Å²) in [6, 6.07) is 6.16. The van der Waals surface area contributed by atoms with E-state index in [4.69, 9.17) is 10.8 Å². The predicted octanol–water partition coefficient (Wildman–Crippen LogP) is 1.13. The van der Waals surface area contributed by atoms with E-state index >= 15 is 0 Å². The van der Waals surface area contributed by atoms with Crippen molar-refractivity contribution in [1.29, 1.82) is 0 Å². The number of nitrogens with zero attached hydrogens (tertiary/aromatic N) is 2. The molecule has 6 nitrogen and oxygen atoms in total. The van der Waals surface area contributed by atoms with Crippen molar-refractivity contribution in [3.05, 3.63) is 40.9 Å². The standard InChI is InChI=1S/C11H11N3O3/c12-9(11(15)16)5-7-6-14(13-17)10-4-2-1-3-8(7)10/h1-4,6,9H,5,12H2,(H,15,16). The third-order valence-electron chi connectivity index (χ3n) is 2.62. The molecule has 2 rings (SSSR count). The highest BCUT2D eigenvalue weighted by Gasteiger charge is 2.16. The average Bonchev–Trinajstić information content (AvgIpc) is 2.68. The molecule has 3 N–H and O–H groups in total. The van der Waals surface area contributed by atoms with E-state index in [2.05, 4.69) is 5.29 Å². The summed E-state index contributed by atoms with van der Waals surface area (Å²) in [5.74, 6) is -1.07. The highest BCUT2D eigenvalue weighted by molar-refractivity contribution is 5.85. The van der Waals surface area contributed by atoms with Crippen LogP contribution in [0.25, 0.3) is 10.9 Å². The average molecular weight is 233 g/mol. The fourth-order valence-corrected chi connectivity index (χ4v) is 1.79. The van der Waals surface area contributed by atoms with E-state index in [0.717, 1.165) is 5.39 Å². The largest absolute Gasteiger partial charge is 0.480 e. The Hall–Kier alpha value is -2.21. The molecule has 88 valence electrons. The van der Waals surface area contributed by atoms with E-state index in [1.807, 2.05) is 6.07 Å². The van der Waals surface area contributed by atoms with Crippen molar-refractivity contribution in [3.8, 4) is 0 Å². The number of nitroso groups, excluding NO2 is 1. The van der Waals surface area contributed by atoms with Crippen molar-refractivity contribution in [1.82, 2.24) is 4.68 Å². The first-order valence-electron chi connectivity index (χ1n) is 5.04. The maximum absolute atomic E-state index is 10.7. The number of nitrogens with two attached hydrogens (primary N) is 1. The van der Waals surface area contributed by atoms with Crippen molar-refractivity contribution in [2.45, 2.75) is 12.5 Å². The Kier molecular flexibility index (Phi) is 2.88. The fraction of sp³-hybridized carbons (Fsp3) is 0.182. The number of rotatable bonds is 4. The van der Waals surface area contributed by atoms with Crippen LogP contribution in [0.3, 0.4) is 0 Å².